The standard InChI is InChI=1S/C18H19N3O5S/c22-14-8-27-16(10-1-2-12-13(7-10)26-9-25-12)15-17(19-14)21(20-18(15)23)11-3-5-24-6-4-11/h1-2,7,11,16H,3-6,8-9H2,(H,19,22)(H,20,23)/t16-/m0/s1. The molecule has 8 nitrogen and oxygen atoms in total. The predicted molar refractivity (Wildman–Crippen MR) is 99.6 cm³/mol. The Morgan fingerprint density at radius 3 is 2.78 bits per heavy atom. The Hall–Kier alpha value is -2.39. The van der Waals surface area contributed by atoms with Gasteiger partial charge in [-0.15, -0.1) is 11.8 Å². The van der Waals surface area contributed by atoms with Crippen molar-refractivity contribution in [1.82, 2.24) is 9.78 Å². The zero-order valence-electron chi connectivity index (χ0n) is 14.5. The topological polar surface area (TPSA) is 94.6 Å². The molecule has 0 radical (unpaired) electrons. The molecule has 1 atom stereocenters. The molecule has 3 aliphatic rings. The van der Waals surface area contributed by atoms with Crippen LogP contribution in [0.2, 0.25) is 0 Å². The number of ether oxygens (including phenoxy) is 3. The second-order valence-electron chi connectivity index (χ2n) is 6.77. The van der Waals surface area contributed by atoms with Crippen LogP contribution in [0.15, 0.2) is 23.0 Å². The van der Waals surface area contributed by atoms with Crippen molar-refractivity contribution in [3.05, 3.63) is 39.7 Å². The van der Waals surface area contributed by atoms with Crippen LogP contribution in [-0.2, 0) is 9.53 Å². The molecule has 1 saturated heterocycles. The molecular weight excluding hydrogens is 370 g/mol. The van der Waals surface area contributed by atoms with Crippen LogP contribution in [-0.4, -0.2) is 41.4 Å². The maximum absolute atomic E-state index is 12.9. The monoisotopic (exact) mass is 389 g/mol. The van der Waals surface area contributed by atoms with E-state index in [4.69, 9.17) is 14.2 Å². The molecule has 2 aromatic rings. The summed E-state index contributed by atoms with van der Waals surface area (Å²) in [4.78, 5) is 25.2. The number of fused-ring (bicyclic) bond motifs is 2. The number of benzene rings is 1. The van der Waals surface area contributed by atoms with Gasteiger partial charge >= 0.3 is 0 Å². The third kappa shape index (κ3) is 2.90. The van der Waals surface area contributed by atoms with Gasteiger partial charge in [0, 0.05) is 13.2 Å². The molecule has 1 aromatic carbocycles. The quantitative estimate of drug-likeness (QED) is 0.816. The van der Waals surface area contributed by atoms with Gasteiger partial charge in [0.05, 0.1) is 22.6 Å². The SMILES string of the molecule is O=C1CS[C@@H](c2ccc3c(c2)OCO3)c2c(n(C3CCOCC3)[nH]c2=O)N1. The molecule has 3 aliphatic heterocycles. The summed E-state index contributed by atoms with van der Waals surface area (Å²) in [5.41, 5.74) is 1.32. The first-order chi connectivity index (χ1) is 13.2. The highest BCUT2D eigenvalue weighted by Gasteiger charge is 2.33. The number of nitrogens with zero attached hydrogens (tertiary/aromatic N) is 1. The van der Waals surface area contributed by atoms with Crippen molar-refractivity contribution in [2.45, 2.75) is 24.1 Å². The van der Waals surface area contributed by atoms with Gasteiger partial charge < -0.3 is 19.5 Å². The molecule has 1 fully saturated rings. The van der Waals surface area contributed by atoms with Crippen molar-refractivity contribution in [3.8, 4) is 11.5 Å². The van der Waals surface area contributed by atoms with E-state index in [9.17, 15) is 9.59 Å². The van der Waals surface area contributed by atoms with Crippen LogP contribution in [0.25, 0.3) is 0 Å². The van der Waals surface area contributed by atoms with E-state index in [1.54, 1.807) is 0 Å². The second kappa shape index (κ2) is 6.65. The minimum atomic E-state index is -0.265. The average molecular weight is 389 g/mol. The third-order valence-corrected chi connectivity index (χ3v) is 6.39. The van der Waals surface area contributed by atoms with E-state index >= 15 is 0 Å². The maximum Gasteiger partial charge on any atom is 0.270 e. The number of rotatable bonds is 2. The molecule has 2 N–H and O–H groups in total. The number of amides is 1. The maximum atomic E-state index is 12.9. The highest BCUT2D eigenvalue weighted by Crippen LogP contribution is 2.44. The lowest BCUT2D eigenvalue weighted by molar-refractivity contribution is -0.113. The molecular formula is C18H19N3O5S. The third-order valence-electron chi connectivity index (χ3n) is 5.12. The smallest absolute Gasteiger partial charge is 0.270 e. The molecule has 4 heterocycles. The number of hydrogen-bond donors (Lipinski definition) is 2. The zero-order chi connectivity index (χ0) is 18.4. The summed E-state index contributed by atoms with van der Waals surface area (Å²) in [7, 11) is 0. The summed E-state index contributed by atoms with van der Waals surface area (Å²) in [6.07, 6.45) is 1.60. The fourth-order valence-corrected chi connectivity index (χ4v) is 4.92. The molecule has 0 spiro atoms. The average Bonchev–Trinajstić information content (AvgIpc) is 3.23. The first kappa shape index (κ1) is 16.8. The van der Waals surface area contributed by atoms with Crippen molar-refractivity contribution < 1.29 is 19.0 Å². The van der Waals surface area contributed by atoms with E-state index < -0.39 is 0 Å². The van der Waals surface area contributed by atoms with E-state index in [2.05, 4.69) is 10.4 Å². The summed E-state index contributed by atoms with van der Waals surface area (Å²) < 4.78 is 18.1. The predicted octanol–water partition coefficient (Wildman–Crippen LogP) is 2.03. The lowest BCUT2D eigenvalue weighted by Gasteiger charge is -2.25. The second-order valence-corrected chi connectivity index (χ2v) is 7.86. The number of nitrogens with one attached hydrogen (secondary N) is 2. The van der Waals surface area contributed by atoms with Gasteiger partial charge in [-0.25, -0.2) is 0 Å². The van der Waals surface area contributed by atoms with Crippen LogP contribution in [0.3, 0.4) is 0 Å². The number of carbonyl (C=O) groups is 1. The molecule has 0 bridgehead atoms. The van der Waals surface area contributed by atoms with E-state index in [1.807, 2.05) is 22.9 Å². The number of thioether (sulfide) groups is 1. The van der Waals surface area contributed by atoms with Gasteiger partial charge in [-0.3, -0.25) is 19.4 Å². The molecule has 142 valence electrons. The van der Waals surface area contributed by atoms with Gasteiger partial charge in [0.15, 0.2) is 11.5 Å². The fraction of sp³-hybridized carbons (Fsp3) is 0.444. The Labute approximate surface area is 159 Å². The summed E-state index contributed by atoms with van der Waals surface area (Å²) in [6.45, 7) is 1.49. The van der Waals surface area contributed by atoms with Gasteiger partial charge in [-0.1, -0.05) is 6.07 Å². The molecule has 5 rings (SSSR count). The van der Waals surface area contributed by atoms with Crippen LogP contribution in [0, 0.1) is 0 Å². The largest absolute Gasteiger partial charge is 0.454 e. The molecule has 0 unspecified atom stereocenters. The van der Waals surface area contributed by atoms with Crippen LogP contribution >= 0.6 is 11.8 Å². The highest BCUT2D eigenvalue weighted by atomic mass is 32.2. The zero-order valence-corrected chi connectivity index (χ0v) is 15.3. The summed E-state index contributed by atoms with van der Waals surface area (Å²) in [6, 6.07) is 5.78. The number of aromatic nitrogens is 2. The van der Waals surface area contributed by atoms with E-state index in [-0.39, 0.29) is 35.3 Å². The van der Waals surface area contributed by atoms with Crippen molar-refractivity contribution >= 4 is 23.5 Å². The van der Waals surface area contributed by atoms with Crippen LogP contribution in [0.5, 0.6) is 11.5 Å². The van der Waals surface area contributed by atoms with Crippen LogP contribution in [0.1, 0.15) is 35.3 Å². The molecule has 9 heteroatoms. The van der Waals surface area contributed by atoms with Gasteiger partial charge in [-0.05, 0) is 30.5 Å². The molecule has 0 saturated carbocycles. The number of aromatic amines is 1. The van der Waals surface area contributed by atoms with E-state index in [0.29, 0.717) is 36.1 Å². The number of hydrogen-bond acceptors (Lipinski definition) is 6. The molecule has 1 amide bonds. The Balaban J connectivity index is 1.60. The molecule has 1 aromatic heterocycles. The van der Waals surface area contributed by atoms with Crippen molar-refractivity contribution in [1.29, 1.82) is 0 Å². The van der Waals surface area contributed by atoms with Crippen molar-refractivity contribution in [3.63, 3.8) is 0 Å². The fourth-order valence-electron chi connectivity index (χ4n) is 3.80. The molecule has 27 heavy (non-hydrogen) atoms. The van der Waals surface area contributed by atoms with E-state index in [1.165, 1.54) is 11.8 Å². The Morgan fingerprint density at radius 1 is 1.11 bits per heavy atom. The summed E-state index contributed by atoms with van der Waals surface area (Å²) in [5, 5.41) is 5.62. The number of carbonyl (C=O) groups excluding carboxylic acids is 1. The normalized spacial score (nSPS) is 22.2. The van der Waals surface area contributed by atoms with Crippen molar-refractivity contribution in [2.24, 2.45) is 0 Å². The minimum absolute atomic E-state index is 0.107. The lowest BCUT2D eigenvalue weighted by Crippen LogP contribution is -2.24. The van der Waals surface area contributed by atoms with Crippen molar-refractivity contribution in [2.75, 3.05) is 31.1 Å². The number of anilines is 1. The first-order valence-electron chi connectivity index (χ1n) is 8.94. The summed E-state index contributed by atoms with van der Waals surface area (Å²) in [5.74, 6) is 2.11. The Morgan fingerprint density at radius 2 is 1.93 bits per heavy atom. The van der Waals surface area contributed by atoms with Gasteiger partial charge in [-0.2, -0.15) is 0 Å². The Bertz CT molecular complexity index is 947. The van der Waals surface area contributed by atoms with Gasteiger partial charge in [0.2, 0.25) is 12.7 Å². The Kier molecular flexibility index (Phi) is 4.13. The highest BCUT2D eigenvalue weighted by molar-refractivity contribution is 8.00. The van der Waals surface area contributed by atoms with Crippen LogP contribution < -0.4 is 20.3 Å². The van der Waals surface area contributed by atoms with Gasteiger partial charge in [0.25, 0.3) is 5.56 Å². The summed E-state index contributed by atoms with van der Waals surface area (Å²) >= 11 is 1.44. The van der Waals surface area contributed by atoms with Gasteiger partial charge in [0.1, 0.15) is 5.82 Å². The number of H-pyrrole nitrogens is 1. The first-order valence-corrected chi connectivity index (χ1v) is 9.99. The minimum Gasteiger partial charge on any atom is -0.454 e. The van der Waals surface area contributed by atoms with Crippen LogP contribution in [0.4, 0.5) is 5.82 Å². The lowest BCUT2D eigenvalue weighted by atomic mass is 10.0. The molecule has 0 aliphatic carbocycles. The van der Waals surface area contributed by atoms with E-state index in [0.717, 1.165) is 18.4 Å².